The van der Waals surface area contributed by atoms with Gasteiger partial charge in [0.15, 0.2) is 5.13 Å². The van der Waals surface area contributed by atoms with Crippen LogP contribution in [0.1, 0.15) is 44.2 Å². The fourth-order valence-electron chi connectivity index (χ4n) is 2.49. The van der Waals surface area contributed by atoms with Crippen molar-refractivity contribution in [2.45, 2.75) is 46.6 Å². The van der Waals surface area contributed by atoms with Gasteiger partial charge in [0.05, 0.1) is 12.3 Å². The molecule has 120 valence electrons. The van der Waals surface area contributed by atoms with E-state index in [1.54, 1.807) is 0 Å². The minimum Gasteiger partial charge on any atom is -0.380 e. The molecule has 1 N–H and O–H groups in total. The van der Waals surface area contributed by atoms with Crippen LogP contribution in [0.15, 0.2) is 0 Å². The molecule has 0 bridgehead atoms. The lowest BCUT2D eigenvalue weighted by Gasteiger charge is -2.17. The molecule has 1 aliphatic heterocycles. The molecule has 0 spiro atoms. The van der Waals surface area contributed by atoms with Crippen LogP contribution in [0.5, 0.6) is 0 Å². The number of aryl methyl sites for hydroxylation is 1. The van der Waals surface area contributed by atoms with Gasteiger partial charge in [-0.1, -0.05) is 27.2 Å². The summed E-state index contributed by atoms with van der Waals surface area (Å²) in [5, 5.41) is 4.74. The molecule has 21 heavy (non-hydrogen) atoms. The molecule has 1 aliphatic rings. The summed E-state index contributed by atoms with van der Waals surface area (Å²) >= 11 is 1.86. The highest BCUT2D eigenvalue weighted by atomic mass is 32.1. The minimum absolute atomic E-state index is 0.690. The van der Waals surface area contributed by atoms with Gasteiger partial charge < -0.3 is 15.0 Å². The van der Waals surface area contributed by atoms with Crippen molar-refractivity contribution in [2.75, 3.05) is 37.7 Å². The summed E-state index contributed by atoms with van der Waals surface area (Å²) in [5.41, 5.74) is 1.29. The number of hydrogen-bond acceptors (Lipinski definition) is 5. The topological polar surface area (TPSA) is 37.4 Å². The largest absolute Gasteiger partial charge is 0.380 e. The average molecular weight is 311 g/mol. The highest BCUT2D eigenvalue weighted by molar-refractivity contribution is 7.15. The number of aromatic nitrogens is 1. The zero-order chi connectivity index (χ0) is 15.1. The molecule has 1 fully saturated rings. The first-order chi connectivity index (χ1) is 10.2. The second-order valence-corrected chi connectivity index (χ2v) is 7.16. The van der Waals surface area contributed by atoms with Gasteiger partial charge in [-0.25, -0.2) is 4.98 Å². The van der Waals surface area contributed by atoms with Crippen molar-refractivity contribution >= 4 is 16.5 Å². The molecule has 5 heteroatoms. The Morgan fingerprint density at radius 3 is 2.95 bits per heavy atom. The third-order valence-corrected chi connectivity index (χ3v) is 4.74. The molecule has 1 saturated heterocycles. The highest BCUT2D eigenvalue weighted by Crippen LogP contribution is 2.28. The Balaban J connectivity index is 2.03. The maximum absolute atomic E-state index is 5.54. The van der Waals surface area contributed by atoms with Crippen LogP contribution in [0.25, 0.3) is 0 Å². The van der Waals surface area contributed by atoms with Crippen LogP contribution in [0.3, 0.4) is 0 Å². The minimum atomic E-state index is 0.690. The predicted octanol–water partition coefficient (Wildman–Crippen LogP) is 3.07. The summed E-state index contributed by atoms with van der Waals surface area (Å²) in [4.78, 5) is 8.72. The first-order valence-corrected chi connectivity index (χ1v) is 9.04. The van der Waals surface area contributed by atoms with E-state index in [2.05, 4.69) is 31.0 Å². The van der Waals surface area contributed by atoms with E-state index in [9.17, 15) is 0 Å². The lowest BCUT2D eigenvalue weighted by molar-refractivity contribution is 0.152. The standard InChI is InChI=1S/C16H29N3OS/c1-4-6-14-15(12-17-11-13(2)3)21-16(18-14)19-7-5-9-20-10-8-19/h13,17H,4-12H2,1-3H3. The Bertz CT molecular complexity index is 412. The molecule has 1 aromatic rings. The van der Waals surface area contributed by atoms with Crippen LogP contribution < -0.4 is 10.2 Å². The predicted molar refractivity (Wildman–Crippen MR) is 90.3 cm³/mol. The molecule has 0 amide bonds. The molecule has 0 radical (unpaired) electrons. The van der Waals surface area contributed by atoms with Crippen LogP contribution in [-0.4, -0.2) is 37.8 Å². The molecule has 1 aromatic heterocycles. The van der Waals surface area contributed by atoms with E-state index in [0.717, 1.165) is 58.7 Å². The number of thiazole rings is 1. The molecular weight excluding hydrogens is 282 g/mol. The van der Waals surface area contributed by atoms with Crippen molar-refractivity contribution in [1.29, 1.82) is 0 Å². The quantitative estimate of drug-likeness (QED) is 0.840. The van der Waals surface area contributed by atoms with Crippen molar-refractivity contribution in [3.05, 3.63) is 10.6 Å². The number of hydrogen-bond donors (Lipinski definition) is 1. The van der Waals surface area contributed by atoms with Crippen LogP contribution in [-0.2, 0) is 17.7 Å². The first kappa shape index (κ1) is 16.7. The molecule has 0 aromatic carbocycles. The number of nitrogens with one attached hydrogen (secondary N) is 1. The van der Waals surface area contributed by atoms with Gasteiger partial charge in [-0.2, -0.15) is 0 Å². The number of ether oxygens (including phenoxy) is 1. The first-order valence-electron chi connectivity index (χ1n) is 8.22. The van der Waals surface area contributed by atoms with E-state index >= 15 is 0 Å². The summed E-state index contributed by atoms with van der Waals surface area (Å²) in [6.45, 7) is 12.5. The summed E-state index contributed by atoms with van der Waals surface area (Å²) < 4.78 is 5.54. The second-order valence-electron chi connectivity index (χ2n) is 6.09. The Kier molecular flexibility index (Phi) is 6.93. The average Bonchev–Trinajstić information content (AvgIpc) is 2.68. The van der Waals surface area contributed by atoms with Gasteiger partial charge in [-0.3, -0.25) is 0 Å². The SMILES string of the molecule is CCCc1nc(N2CCCOCC2)sc1CNCC(C)C. The van der Waals surface area contributed by atoms with Gasteiger partial charge in [-0.15, -0.1) is 11.3 Å². The van der Waals surface area contributed by atoms with E-state index in [1.165, 1.54) is 15.7 Å². The van der Waals surface area contributed by atoms with Crippen molar-refractivity contribution in [3.8, 4) is 0 Å². The molecule has 4 nitrogen and oxygen atoms in total. The Hall–Kier alpha value is -0.650. The Morgan fingerprint density at radius 1 is 1.33 bits per heavy atom. The maximum atomic E-state index is 5.54. The van der Waals surface area contributed by atoms with Crippen molar-refractivity contribution in [2.24, 2.45) is 5.92 Å². The van der Waals surface area contributed by atoms with Gasteiger partial charge in [0, 0.05) is 31.1 Å². The van der Waals surface area contributed by atoms with Crippen LogP contribution in [0, 0.1) is 5.92 Å². The smallest absolute Gasteiger partial charge is 0.185 e. The maximum Gasteiger partial charge on any atom is 0.185 e. The van der Waals surface area contributed by atoms with Gasteiger partial charge >= 0.3 is 0 Å². The van der Waals surface area contributed by atoms with Gasteiger partial charge in [0.2, 0.25) is 0 Å². The Morgan fingerprint density at radius 2 is 2.19 bits per heavy atom. The monoisotopic (exact) mass is 311 g/mol. The van der Waals surface area contributed by atoms with E-state index in [1.807, 2.05) is 11.3 Å². The lowest BCUT2D eigenvalue weighted by atomic mass is 10.2. The fourth-order valence-corrected chi connectivity index (χ4v) is 3.61. The van der Waals surface area contributed by atoms with E-state index in [-0.39, 0.29) is 0 Å². The molecule has 0 unspecified atom stereocenters. The normalized spacial score (nSPS) is 16.5. The van der Waals surface area contributed by atoms with Crippen LogP contribution in [0.4, 0.5) is 5.13 Å². The van der Waals surface area contributed by atoms with Crippen LogP contribution >= 0.6 is 11.3 Å². The number of anilines is 1. The van der Waals surface area contributed by atoms with Gasteiger partial charge in [0.1, 0.15) is 0 Å². The third kappa shape index (κ3) is 5.24. The molecule has 0 atom stereocenters. The van der Waals surface area contributed by atoms with E-state index in [4.69, 9.17) is 9.72 Å². The highest BCUT2D eigenvalue weighted by Gasteiger charge is 2.17. The summed E-state index contributed by atoms with van der Waals surface area (Å²) in [7, 11) is 0. The summed E-state index contributed by atoms with van der Waals surface area (Å²) in [6.07, 6.45) is 3.34. The van der Waals surface area contributed by atoms with Crippen molar-refractivity contribution in [1.82, 2.24) is 10.3 Å². The van der Waals surface area contributed by atoms with Crippen LogP contribution in [0.2, 0.25) is 0 Å². The fraction of sp³-hybridized carbons (Fsp3) is 0.812. The molecular formula is C16H29N3OS. The Labute approximate surface area is 132 Å². The van der Waals surface area contributed by atoms with Crippen molar-refractivity contribution in [3.63, 3.8) is 0 Å². The van der Waals surface area contributed by atoms with E-state index in [0.29, 0.717) is 5.92 Å². The molecule has 2 heterocycles. The zero-order valence-electron chi connectivity index (χ0n) is 13.7. The van der Waals surface area contributed by atoms with Gasteiger partial charge in [0.25, 0.3) is 0 Å². The third-order valence-electron chi connectivity index (χ3n) is 3.58. The zero-order valence-corrected chi connectivity index (χ0v) is 14.5. The van der Waals surface area contributed by atoms with Gasteiger partial charge in [-0.05, 0) is 25.3 Å². The summed E-state index contributed by atoms with van der Waals surface area (Å²) in [5.74, 6) is 0.690. The van der Waals surface area contributed by atoms with E-state index < -0.39 is 0 Å². The molecule has 2 rings (SSSR count). The summed E-state index contributed by atoms with van der Waals surface area (Å²) in [6, 6.07) is 0. The lowest BCUT2D eigenvalue weighted by Crippen LogP contribution is -2.25. The number of rotatable bonds is 7. The molecule has 0 saturated carbocycles. The second kappa shape index (κ2) is 8.71. The number of nitrogens with zero attached hydrogens (tertiary/aromatic N) is 2. The molecule has 0 aliphatic carbocycles. The van der Waals surface area contributed by atoms with Crippen molar-refractivity contribution < 1.29 is 4.74 Å².